The number of carbonyl (C=O) groups is 2. The Hall–Kier alpha value is -3.27. The van der Waals surface area contributed by atoms with E-state index >= 15 is 0 Å². The van der Waals surface area contributed by atoms with Gasteiger partial charge in [-0.2, -0.15) is 0 Å². The van der Waals surface area contributed by atoms with Crippen LogP contribution in [-0.4, -0.2) is 37.6 Å². The van der Waals surface area contributed by atoms with Crippen LogP contribution in [0.4, 0.5) is 26.7 Å². The van der Waals surface area contributed by atoms with Crippen molar-refractivity contribution in [2.45, 2.75) is 26.4 Å². The quantitative estimate of drug-likeness (QED) is 0.573. The van der Waals surface area contributed by atoms with Gasteiger partial charge in [-0.1, -0.05) is 24.3 Å². The summed E-state index contributed by atoms with van der Waals surface area (Å²) in [4.78, 5) is 23.2. The third kappa shape index (κ3) is 7.00. The predicted octanol–water partition coefficient (Wildman–Crippen LogP) is 4.16. The van der Waals surface area contributed by atoms with Crippen LogP contribution in [0.1, 0.15) is 20.8 Å². The smallest absolute Gasteiger partial charge is 0.412 e. The number of sulfonamides is 1. The van der Waals surface area contributed by atoms with E-state index in [2.05, 4.69) is 15.4 Å². The van der Waals surface area contributed by atoms with Crippen molar-refractivity contribution in [3.05, 3.63) is 42.5 Å². The Balaban J connectivity index is 2.48. The largest absolute Gasteiger partial charge is 0.465 e. The SMILES string of the molecule is CC(C)(C)OC(=O)Nc1cc(-c2ccccc2NS(C)(=O)=O)ccc1NC(=O)O. The second-order valence-corrected chi connectivity index (χ2v) is 8.99. The van der Waals surface area contributed by atoms with Crippen molar-refractivity contribution in [3.8, 4) is 11.1 Å². The van der Waals surface area contributed by atoms with E-state index in [4.69, 9.17) is 9.84 Å². The number of carboxylic acid groups (broad SMARTS) is 1. The fourth-order valence-electron chi connectivity index (χ4n) is 2.48. The van der Waals surface area contributed by atoms with Crippen molar-refractivity contribution in [3.63, 3.8) is 0 Å². The highest BCUT2D eigenvalue weighted by molar-refractivity contribution is 7.92. The third-order valence-electron chi connectivity index (χ3n) is 3.43. The number of anilines is 3. The van der Waals surface area contributed by atoms with Gasteiger partial charge in [0, 0.05) is 5.56 Å². The summed E-state index contributed by atoms with van der Waals surface area (Å²) in [7, 11) is -3.51. The first-order chi connectivity index (χ1) is 13.3. The van der Waals surface area contributed by atoms with E-state index in [0.717, 1.165) is 6.26 Å². The third-order valence-corrected chi connectivity index (χ3v) is 4.02. The molecule has 156 valence electrons. The van der Waals surface area contributed by atoms with Gasteiger partial charge in [0.1, 0.15) is 5.60 Å². The zero-order chi connectivity index (χ0) is 21.8. The summed E-state index contributed by atoms with van der Waals surface area (Å²) in [5.74, 6) is 0. The normalized spacial score (nSPS) is 11.4. The Kier molecular flexibility index (Phi) is 6.38. The number of amides is 2. The zero-order valence-corrected chi connectivity index (χ0v) is 17.3. The lowest BCUT2D eigenvalue weighted by atomic mass is 10.0. The number of para-hydroxylation sites is 1. The highest BCUT2D eigenvalue weighted by Crippen LogP contribution is 2.34. The first-order valence-electron chi connectivity index (χ1n) is 8.55. The molecule has 0 radical (unpaired) electrons. The van der Waals surface area contributed by atoms with Crippen LogP contribution in [-0.2, 0) is 14.8 Å². The van der Waals surface area contributed by atoms with Crippen molar-refractivity contribution in [2.75, 3.05) is 21.6 Å². The Bertz CT molecular complexity index is 1030. The molecule has 2 aromatic carbocycles. The lowest BCUT2D eigenvalue weighted by molar-refractivity contribution is 0.0636. The van der Waals surface area contributed by atoms with Gasteiger partial charge in [0.15, 0.2) is 0 Å². The van der Waals surface area contributed by atoms with E-state index in [1.165, 1.54) is 12.1 Å². The molecule has 0 fully saturated rings. The van der Waals surface area contributed by atoms with Gasteiger partial charge in [-0.05, 0) is 44.5 Å². The van der Waals surface area contributed by atoms with Gasteiger partial charge in [0.2, 0.25) is 10.0 Å². The Labute approximate surface area is 169 Å². The van der Waals surface area contributed by atoms with Gasteiger partial charge in [-0.3, -0.25) is 15.4 Å². The standard InChI is InChI=1S/C19H23N3O6S/c1-19(2,3)28-18(25)21-16-11-12(9-10-15(16)20-17(23)24)13-7-5-6-8-14(13)22-29(4,26)27/h5-11,20,22H,1-4H3,(H,21,25)(H,23,24). The molecule has 0 saturated carbocycles. The van der Waals surface area contributed by atoms with Crippen LogP contribution < -0.4 is 15.4 Å². The number of carbonyl (C=O) groups excluding carboxylic acids is 1. The van der Waals surface area contributed by atoms with E-state index in [0.29, 0.717) is 16.8 Å². The van der Waals surface area contributed by atoms with Crippen LogP contribution in [0, 0.1) is 0 Å². The maximum Gasteiger partial charge on any atom is 0.412 e. The second kappa shape index (κ2) is 8.39. The van der Waals surface area contributed by atoms with Crippen LogP contribution in [0.3, 0.4) is 0 Å². The zero-order valence-electron chi connectivity index (χ0n) is 16.4. The number of ether oxygens (including phenoxy) is 1. The first kappa shape index (κ1) is 22.0. The van der Waals surface area contributed by atoms with E-state index in [-0.39, 0.29) is 11.4 Å². The van der Waals surface area contributed by atoms with E-state index in [9.17, 15) is 18.0 Å². The summed E-state index contributed by atoms with van der Waals surface area (Å²) >= 11 is 0. The van der Waals surface area contributed by atoms with Crippen LogP contribution >= 0.6 is 0 Å². The van der Waals surface area contributed by atoms with Crippen molar-refractivity contribution < 1.29 is 27.9 Å². The highest BCUT2D eigenvalue weighted by atomic mass is 32.2. The molecule has 2 aromatic rings. The molecule has 0 aliphatic rings. The molecule has 0 aliphatic heterocycles. The molecule has 9 nitrogen and oxygen atoms in total. The van der Waals surface area contributed by atoms with Gasteiger partial charge >= 0.3 is 12.2 Å². The molecule has 2 rings (SSSR count). The van der Waals surface area contributed by atoms with Gasteiger partial charge < -0.3 is 9.84 Å². The van der Waals surface area contributed by atoms with Gasteiger partial charge in [0.25, 0.3) is 0 Å². The van der Waals surface area contributed by atoms with E-state index < -0.39 is 27.8 Å². The number of hydrogen-bond donors (Lipinski definition) is 4. The molecule has 0 unspecified atom stereocenters. The second-order valence-electron chi connectivity index (χ2n) is 7.24. The van der Waals surface area contributed by atoms with Crippen molar-refractivity contribution in [1.82, 2.24) is 0 Å². The maximum atomic E-state index is 12.2. The van der Waals surface area contributed by atoms with Gasteiger partial charge in [-0.15, -0.1) is 0 Å². The number of benzene rings is 2. The lowest BCUT2D eigenvalue weighted by Gasteiger charge is -2.21. The minimum atomic E-state index is -3.51. The highest BCUT2D eigenvalue weighted by Gasteiger charge is 2.19. The van der Waals surface area contributed by atoms with Crippen molar-refractivity contribution in [2.24, 2.45) is 0 Å². The molecule has 0 aliphatic carbocycles. The molecule has 0 heterocycles. The fraction of sp³-hybridized carbons (Fsp3) is 0.263. The van der Waals surface area contributed by atoms with Crippen molar-refractivity contribution >= 4 is 39.3 Å². The molecular weight excluding hydrogens is 398 g/mol. The van der Waals surface area contributed by atoms with Crippen LogP contribution in [0.15, 0.2) is 42.5 Å². The Morgan fingerprint density at radius 3 is 2.21 bits per heavy atom. The molecule has 29 heavy (non-hydrogen) atoms. The Morgan fingerprint density at radius 2 is 1.62 bits per heavy atom. The number of hydrogen-bond acceptors (Lipinski definition) is 5. The molecule has 2 amide bonds. The molecule has 4 N–H and O–H groups in total. The number of rotatable bonds is 5. The molecule has 0 aromatic heterocycles. The maximum absolute atomic E-state index is 12.2. The van der Waals surface area contributed by atoms with Gasteiger partial charge in [-0.25, -0.2) is 18.0 Å². The first-order valence-corrected chi connectivity index (χ1v) is 10.4. The summed E-state index contributed by atoms with van der Waals surface area (Å²) in [6.07, 6.45) is -1.02. The molecule has 0 bridgehead atoms. The van der Waals surface area contributed by atoms with Crippen molar-refractivity contribution in [1.29, 1.82) is 0 Å². The summed E-state index contributed by atoms with van der Waals surface area (Å²) in [6, 6.07) is 11.3. The van der Waals surface area contributed by atoms with E-state index in [1.807, 2.05) is 0 Å². The predicted molar refractivity (Wildman–Crippen MR) is 112 cm³/mol. The summed E-state index contributed by atoms with van der Waals surface area (Å²) in [5.41, 5.74) is 1.01. The lowest BCUT2D eigenvalue weighted by Crippen LogP contribution is -2.27. The molecular formula is C19H23N3O6S. The average Bonchev–Trinajstić information content (AvgIpc) is 2.53. The number of nitrogens with one attached hydrogen (secondary N) is 3. The summed E-state index contributed by atoms with van der Waals surface area (Å²) in [6.45, 7) is 5.10. The fourth-order valence-corrected chi connectivity index (χ4v) is 3.05. The minimum absolute atomic E-state index is 0.140. The summed E-state index contributed by atoms with van der Waals surface area (Å²) in [5, 5.41) is 13.8. The monoisotopic (exact) mass is 421 g/mol. The molecule has 0 atom stereocenters. The van der Waals surface area contributed by atoms with Crippen LogP contribution in [0.25, 0.3) is 11.1 Å². The van der Waals surface area contributed by atoms with Crippen LogP contribution in [0.2, 0.25) is 0 Å². The van der Waals surface area contributed by atoms with E-state index in [1.54, 1.807) is 51.1 Å². The average molecular weight is 421 g/mol. The van der Waals surface area contributed by atoms with Crippen LogP contribution in [0.5, 0.6) is 0 Å². The summed E-state index contributed by atoms with van der Waals surface area (Å²) < 4.78 is 30.9. The molecule has 0 spiro atoms. The minimum Gasteiger partial charge on any atom is -0.465 e. The molecule has 10 heteroatoms. The molecule has 0 saturated heterocycles. The Morgan fingerprint density at radius 1 is 0.966 bits per heavy atom. The topological polar surface area (TPSA) is 134 Å². The van der Waals surface area contributed by atoms with Gasteiger partial charge in [0.05, 0.1) is 23.3 Å².